The van der Waals surface area contributed by atoms with Crippen molar-refractivity contribution in [3.8, 4) is 0 Å². The van der Waals surface area contributed by atoms with E-state index in [4.69, 9.17) is 0 Å². The average Bonchev–Trinajstić information content (AvgIpc) is 2.07. The standard InChI is InChI=1S/C9H9BrF2/c10-8-3-4-9(12)7(6-8)2-1-5-11/h3-4,6H,1-2,5H2. The van der Waals surface area contributed by atoms with E-state index >= 15 is 0 Å². The van der Waals surface area contributed by atoms with E-state index in [2.05, 4.69) is 15.9 Å². The minimum atomic E-state index is -0.397. The fourth-order valence-corrected chi connectivity index (χ4v) is 1.40. The highest BCUT2D eigenvalue weighted by Crippen LogP contribution is 2.16. The van der Waals surface area contributed by atoms with E-state index in [1.54, 1.807) is 12.1 Å². The lowest BCUT2D eigenvalue weighted by Gasteiger charge is -2.01. The van der Waals surface area contributed by atoms with Crippen LogP contribution in [0.25, 0.3) is 0 Å². The topological polar surface area (TPSA) is 0 Å². The molecule has 0 spiro atoms. The Labute approximate surface area is 78.7 Å². The molecule has 0 aliphatic carbocycles. The van der Waals surface area contributed by atoms with Gasteiger partial charge < -0.3 is 0 Å². The Morgan fingerprint density at radius 2 is 2.08 bits per heavy atom. The van der Waals surface area contributed by atoms with E-state index in [9.17, 15) is 8.78 Å². The van der Waals surface area contributed by atoms with Crippen molar-refractivity contribution >= 4 is 15.9 Å². The van der Waals surface area contributed by atoms with Gasteiger partial charge in [0.2, 0.25) is 0 Å². The zero-order valence-electron chi connectivity index (χ0n) is 6.49. The fourth-order valence-electron chi connectivity index (χ4n) is 0.992. The van der Waals surface area contributed by atoms with Crippen LogP contribution in [-0.2, 0) is 6.42 Å². The first-order valence-corrected chi connectivity index (χ1v) is 4.53. The van der Waals surface area contributed by atoms with Crippen LogP contribution in [0.2, 0.25) is 0 Å². The monoisotopic (exact) mass is 234 g/mol. The van der Waals surface area contributed by atoms with Gasteiger partial charge in [0.1, 0.15) is 5.82 Å². The third-order valence-electron chi connectivity index (χ3n) is 1.59. The molecule has 0 amide bonds. The molecule has 0 radical (unpaired) electrons. The Morgan fingerprint density at radius 3 is 2.75 bits per heavy atom. The van der Waals surface area contributed by atoms with Gasteiger partial charge in [-0.05, 0) is 36.6 Å². The summed E-state index contributed by atoms with van der Waals surface area (Å²) in [6.45, 7) is -0.397. The maximum absolute atomic E-state index is 12.9. The lowest BCUT2D eigenvalue weighted by Crippen LogP contribution is -1.91. The molecule has 0 heterocycles. The molecule has 0 saturated carbocycles. The van der Waals surface area contributed by atoms with Crippen molar-refractivity contribution in [3.63, 3.8) is 0 Å². The summed E-state index contributed by atoms with van der Waals surface area (Å²) in [6.07, 6.45) is 0.842. The van der Waals surface area contributed by atoms with E-state index < -0.39 is 6.67 Å². The Balaban J connectivity index is 2.75. The van der Waals surface area contributed by atoms with Crippen molar-refractivity contribution in [2.24, 2.45) is 0 Å². The second kappa shape index (κ2) is 4.55. The molecule has 0 aromatic heterocycles. The molecule has 0 nitrogen and oxygen atoms in total. The normalized spacial score (nSPS) is 10.2. The molecular weight excluding hydrogens is 226 g/mol. The van der Waals surface area contributed by atoms with Crippen molar-refractivity contribution in [2.75, 3.05) is 6.67 Å². The molecule has 0 saturated heterocycles. The number of hydrogen-bond acceptors (Lipinski definition) is 0. The number of alkyl halides is 1. The van der Waals surface area contributed by atoms with E-state index in [1.807, 2.05) is 0 Å². The molecule has 12 heavy (non-hydrogen) atoms. The third-order valence-corrected chi connectivity index (χ3v) is 2.08. The molecule has 0 bridgehead atoms. The van der Waals surface area contributed by atoms with Crippen LogP contribution < -0.4 is 0 Å². The third kappa shape index (κ3) is 2.55. The summed E-state index contributed by atoms with van der Waals surface area (Å²) >= 11 is 3.23. The molecular formula is C9H9BrF2. The van der Waals surface area contributed by atoms with Crippen molar-refractivity contribution < 1.29 is 8.78 Å². The smallest absolute Gasteiger partial charge is 0.126 e. The zero-order valence-corrected chi connectivity index (χ0v) is 8.07. The van der Waals surface area contributed by atoms with Crippen molar-refractivity contribution in [1.82, 2.24) is 0 Å². The maximum Gasteiger partial charge on any atom is 0.126 e. The van der Waals surface area contributed by atoms with Gasteiger partial charge >= 0.3 is 0 Å². The van der Waals surface area contributed by atoms with Crippen LogP contribution in [0.1, 0.15) is 12.0 Å². The lowest BCUT2D eigenvalue weighted by atomic mass is 10.1. The highest BCUT2D eigenvalue weighted by Gasteiger charge is 2.01. The molecule has 0 aliphatic heterocycles. The van der Waals surface area contributed by atoms with Crippen LogP contribution in [0.4, 0.5) is 8.78 Å². The Hall–Kier alpha value is -0.440. The fraction of sp³-hybridized carbons (Fsp3) is 0.333. The summed E-state index contributed by atoms with van der Waals surface area (Å²) in [7, 11) is 0. The summed E-state index contributed by atoms with van der Waals surface area (Å²) in [5.41, 5.74) is 0.571. The lowest BCUT2D eigenvalue weighted by molar-refractivity contribution is 0.469. The first-order valence-electron chi connectivity index (χ1n) is 3.74. The summed E-state index contributed by atoms with van der Waals surface area (Å²) < 4.78 is 25.6. The molecule has 0 aliphatic rings. The minimum absolute atomic E-state index is 0.258. The second-order valence-electron chi connectivity index (χ2n) is 2.53. The van der Waals surface area contributed by atoms with Gasteiger partial charge in [-0.1, -0.05) is 15.9 Å². The van der Waals surface area contributed by atoms with Crippen molar-refractivity contribution in [3.05, 3.63) is 34.1 Å². The molecule has 0 N–H and O–H groups in total. The first kappa shape index (κ1) is 9.65. The van der Waals surface area contributed by atoms with Crippen molar-refractivity contribution in [2.45, 2.75) is 12.8 Å². The molecule has 3 heteroatoms. The van der Waals surface area contributed by atoms with Crippen molar-refractivity contribution in [1.29, 1.82) is 0 Å². The molecule has 66 valence electrons. The van der Waals surface area contributed by atoms with Crippen LogP contribution in [0.15, 0.2) is 22.7 Å². The molecule has 1 aromatic carbocycles. The molecule has 1 aromatic rings. The SMILES string of the molecule is FCCCc1cc(Br)ccc1F. The minimum Gasteiger partial charge on any atom is -0.251 e. The first-order chi connectivity index (χ1) is 5.74. The second-order valence-corrected chi connectivity index (χ2v) is 3.44. The van der Waals surface area contributed by atoms with Crippen LogP contribution in [0, 0.1) is 5.82 Å². The van der Waals surface area contributed by atoms with Gasteiger partial charge in [-0.25, -0.2) is 4.39 Å². The maximum atomic E-state index is 12.9. The molecule has 0 unspecified atom stereocenters. The summed E-state index contributed by atoms with van der Waals surface area (Å²) in [5, 5.41) is 0. The highest BCUT2D eigenvalue weighted by molar-refractivity contribution is 9.10. The number of rotatable bonds is 3. The van der Waals surface area contributed by atoms with E-state index in [1.165, 1.54) is 6.07 Å². The number of benzene rings is 1. The zero-order chi connectivity index (χ0) is 8.97. The Kier molecular flexibility index (Phi) is 3.66. The van der Waals surface area contributed by atoms with Crippen LogP contribution in [0.5, 0.6) is 0 Å². The number of aryl methyl sites for hydroxylation is 1. The van der Waals surface area contributed by atoms with E-state index in [0.29, 0.717) is 18.4 Å². The van der Waals surface area contributed by atoms with Crippen LogP contribution in [-0.4, -0.2) is 6.67 Å². The molecule has 1 rings (SSSR count). The van der Waals surface area contributed by atoms with Crippen LogP contribution in [0.3, 0.4) is 0 Å². The predicted molar refractivity (Wildman–Crippen MR) is 48.4 cm³/mol. The van der Waals surface area contributed by atoms with E-state index in [-0.39, 0.29) is 5.82 Å². The summed E-state index contributed by atoms with van der Waals surface area (Å²) in [4.78, 5) is 0. The van der Waals surface area contributed by atoms with Gasteiger partial charge in [0.25, 0.3) is 0 Å². The predicted octanol–water partition coefficient (Wildman–Crippen LogP) is 3.49. The summed E-state index contributed by atoms with van der Waals surface area (Å²) in [5.74, 6) is -0.258. The van der Waals surface area contributed by atoms with Gasteiger partial charge in [-0.2, -0.15) is 0 Å². The highest BCUT2D eigenvalue weighted by atomic mass is 79.9. The Morgan fingerprint density at radius 1 is 1.33 bits per heavy atom. The molecule has 0 atom stereocenters. The Bertz CT molecular complexity index is 261. The molecule has 0 fully saturated rings. The average molecular weight is 235 g/mol. The van der Waals surface area contributed by atoms with Gasteiger partial charge in [0, 0.05) is 4.47 Å². The number of halogens is 3. The quantitative estimate of drug-likeness (QED) is 0.752. The summed E-state index contributed by atoms with van der Waals surface area (Å²) in [6, 6.07) is 4.71. The van der Waals surface area contributed by atoms with Gasteiger partial charge in [0.15, 0.2) is 0 Å². The van der Waals surface area contributed by atoms with Gasteiger partial charge in [0.05, 0.1) is 6.67 Å². The van der Waals surface area contributed by atoms with Crippen LogP contribution >= 0.6 is 15.9 Å². The largest absolute Gasteiger partial charge is 0.251 e. The van der Waals surface area contributed by atoms with E-state index in [0.717, 1.165) is 4.47 Å². The van der Waals surface area contributed by atoms with Gasteiger partial charge in [-0.3, -0.25) is 4.39 Å². The van der Waals surface area contributed by atoms with Gasteiger partial charge in [-0.15, -0.1) is 0 Å². The number of hydrogen-bond donors (Lipinski definition) is 0.